The minimum Gasteiger partial charge on any atom is -0.394 e. The number of hydrogen-bond donors (Lipinski definition) is 4. The minimum absolute atomic E-state index is 0.0181. The first-order chi connectivity index (χ1) is 9.31. The number of anilines is 2. The van der Waals surface area contributed by atoms with Crippen LogP contribution < -0.4 is 16.6 Å². The predicted molar refractivity (Wildman–Crippen MR) is 74.5 cm³/mol. The standard InChI is InChI=1S/C13H17N5O/c14-18-13-15-7-6-12(17-13)16-11(9-19)8-10-4-2-1-3-5-10/h1-7,11,19H,8-9,14H2,(H2,15,16,17,18). The molecule has 2 rings (SSSR count). The molecule has 0 amide bonds. The van der Waals surface area contributed by atoms with Crippen molar-refractivity contribution in [2.24, 2.45) is 5.84 Å². The zero-order chi connectivity index (χ0) is 13.5. The molecule has 1 aromatic heterocycles. The summed E-state index contributed by atoms with van der Waals surface area (Å²) in [5, 5.41) is 12.6. The van der Waals surface area contributed by atoms with Gasteiger partial charge in [-0.3, -0.25) is 5.43 Å². The molecular weight excluding hydrogens is 242 g/mol. The van der Waals surface area contributed by atoms with E-state index < -0.39 is 0 Å². The molecule has 2 aromatic rings. The van der Waals surface area contributed by atoms with Crippen LogP contribution in [0.15, 0.2) is 42.6 Å². The van der Waals surface area contributed by atoms with E-state index in [4.69, 9.17) is 5.84 Å². The highest BCUT2D eigenvalue weighted by Gasteiger charge is 2.09. The number of benzene rings is 1. The third kappa shape index (κ3) is 3.90. The maximum absolute atomic E-state index is 9.43. The molecule has 1 aromatic carbocycles. The fraction of sp³-hybridized carbons (Fsp3) is 0.231. The van der Waals surface area contributed by atoms with Gasteiger partial charge in [0.1, 0.15) is 5.82 Å². The number of hydrogen-bond acceptors (Lipinski definition) is 6. The van der Waals surface area contributed by atoms with Gasteiger partial charge in [0.05, 0.1) is 12.6 Å². The second-order valence-corrected chi connectivity index (χ2v) is 4.12. The van der Waals surface area contributed by atoms with E-state index in [1.54, 1.807) is 12.3 Å². The molecule has 0 spiro atoms. The average molecular weight is 259 g/mol. The molecule has 1 heterocycles. The Balaban J connectivity index is 2.02. The number of nitrogen functional groups attached to an aromatic ring is 1. The van der Waals surface area contributed by atoms with E-state index in [9.17, 15) is 5.11 Å². The first-order valence-electron chi connectivity index (χ1n) is 6.03. The van der Waals surface area contributed by atoms with Crippen LogP contribution in [0.25, 0.3) is 0 Å². The summed E-state index contributed by atoms with van der Waals surface area (Å²) < 4.78 is 0. The van der Waals surface area contributed by atoms with Gasteiger partial charge in [-0.1, -0.05) is 30.3 Å². The highest BCUT2D eigenvalue weighted by atomic mass is 16.3. The number of nitrogens with one attached hydrogen (secondary N) is 2. The fourth-order valence-electron chi connectivity index (χ4n) is 1.78. The molecule has 6 heteroatoms. The van der Waals surface area contributed by atoms with E-state index in [-0.39, 0.29) is 12.6 Å². The molecule has 1 unspecified atom stereocenters. The van der Waals surface area contributed by atoms with Crippen LogP contribution in [-0.4, -0.2) is 27.7 Å². The summed E-state index contributed by atoms with van der Waals surface area (Å²) in [4.78, 5) is 8.08. The number of rotatable bonds is 6. The summed E-state index contributed by atoms with van der Waals surface area (Å²) in [5.74, 6) is 6.21. The van der Waals surface area contributed by atoms with Crippen molar-refractivity contribution in [3.8, 4) is 0 Å². The molecule has 0 saturated carbocycles. The number of nitrogens with zero attached hydrogens (tertiary/aromatic N) is 2. The van der Waals surface area contributed by atoms with Crippen molar-refractivity contribution in [3.63, 3.8) is 0 Å². The lowest BCUT2D eigenvalue weighted by Crippen LogP contribution is -2.27. The molecule has 100 valence electrons. The van der Waals surface area contributed by atoms with Crippen LogP contribution in [0.1, 0.15) is 5.56 Å². The Bertz CT molecular complexity index is 505. The zero-order valence-electron chi connectivity index (χ0n) is 10.5. The maximum Gasteiger partial charge on any atom is 0.239 e. The van der Waals surface area contributed by atoms with E-state index >= 15 is 0 Å². The molecule has 0 aliphatic rings. The lowest BCUT2D eigenvalue weighted by molar-refractivity contribution is 0.273. The zero-order valence-corrected chi connectivity index (χ0v) is 10.5. The van der Waals surface area contributed by atoms with Crippen molar-refractivity contribution in [1.29, 1.82) is 0 Å². The summed E-state index contributed by atoms with van der Waals surface area (Å²) in [6.45, 7) is 0.0181. The Morgan fingerprint density at radius 2 is 2.00 bits per heavy atom. The van der Waals surface area contributed by atoms with Crippen molar-refractivity contribution in [1.82, 2.24) is 9.97 Å². The highest BCUT2D eigenvalue weighted by Crippen LogP contribution is 2.10. The quantitative estimate of drug-likeness (QED) is 0.452. The highest BCUT2D eigenvalue weighted by molar-refractivity contribution is 5.40. The molecule has 19 heavy (non-hydrogen) atoms. The van der Waals surface area contributed by atoms with Crippen LogP contribution in [0.3, 0.4) is 0 Å². The molecule has 0 bridgehead atoms. The van der Waals surface area contributed by atoms with E-state index in [1.807, 2.05) is 30.3 Å². The van der Waals surface area contributed by atoms with E-state index in [0.29, 0.717) is 18.2 Å². The Hall–Kier alpha value is -2.18. The lowest BCUT2D eigenvalue weighted by Gasteiger charge is -2.17. The lowest BCUT2D eigenvalue weighted by atomic mass is 10.1. The van der Waals surface area contributed by atoms with Crippen LogP contribution in [0.4, 0.5) is 11.8 Å². The number of aromatic nitrogens is 2. The van der Waals surface area contributed by atoms with Crippen molar-refractivity contribution >= 4 is 11.8 Å². The van der Waals surface area contributed by atoms with Gasteiger partial charge in [0, 0.05) is 6.20 Å². The van der Waals surface area contributed by atoms with E-state index in [0.717, 1.165) is 5.56 Å². The fourth-order valence-corrected chi connectivity index (χ4v) is 1.78. The SMILES string of the molecule is NNc1nccc(NC(CO)Cc2ccccc2)n1. The van der Waals surface area contributed by atoms with Crippen LogP contribution in [-0.2, 0) is 6.42 Å². The topological polar surface area (TPSA) is 96.1 Å². The normalized spacial score (nSPS) is 11.9. The van der Waals surface area contributed by atoms with E-state index in [2.05, 4.69) is 20.7 Å². The van der Waals surface area contributed by atoms with Gasteiger partial charge in [-0.15, -0.1) is 0 Å². The van der Waals surface area contributed by atoms with Crippen LogP contribution in [0.2, 0.25) is 0 Å². The Kier molecular flexibility index (Phi) is 4.66. The maximum atomic E-state index is 9.43. The summed E-state index contributed by atoms with van der Waals surface area (Å²) in [6, 6.07) is 11.6. The molecule has 0 fully saturated rings. The third-order valence-corrected chi connectivity index (χ3v) is 2.68. The summed E-state index contributed by atoms with van der Waals surface area (Å²) >= 11 is 0. The van der Waals surface area contributed by atoms with Crippen LogP contribution >= 0.6 is 0 Å². The van der Waals surface area contributed by atoms with Crippen molar-refractivity contribution < 1.29 is 5.11 Å². The van der Waals surface area contributed by atoms with E-state index in [1.165, 1.54) is 0 Å². The number of aliphatic hydroxyl groups is 1. The molecule has 0 aliphatic heterocycles. The first-order valence-corrected chi connectivity index (χ1v) is 6.03. The van der Waals surface area contributed by atoms with Gasteiger partial charge in [0.25, 0.3) is 0 Å². The van der Waals surface area contributed by atoms with Crippen LogP contribution in [0.5, 0.6) is 0 Å². The Labute approximate surface area is 111 Å². The first kappa shape index (κ1) is 13.3. The Morgan fingerprint density at radius 3 is 2.68 bits per heavy atom. The number of aliphatic hydroxyl groups excluding tert-OH is 1. The van der Waals surface area contributed by atoms with Crippen molar-refractivity contribution in [2.45, 2.75) is 12.5 Å². The van der Waals surface area contributed by atoms with Gasteiger partial charge in [-0.25, -0.2) is 10.8 Å². The Morgan fingerprint density at radius 1 is 1.21 bits per heavy atom. The number of hydrazine groups is 1. The van der Waals surface area contributed by atoms with Gasteiger partial charge in [0.15, 0.2) is 0 Å². The van der Waals surface area contributed by atoms with Crippen molar-refractivity contribution in [3.05, 3.63) is 48.2 Å². The van der Waals surface area contributed by atoms with Gasteiger partial charge in [-0.05, 0) is 18.1 Å². The third-order valence-electron chi connectivity index (χ3n) is 2.68. The molecule has 0 radical (unpaired) electrons. The van der Waals surface area contributed by atoms with Crippen molar-refractivity contribution in [2.75, 3.05) is 17.3 Å². The summed E-state index contributed by atoms with van der Waals surface area (Å²) in [5.41, 5.74) is 3.54. The largest absolute Gasteiger partial charge is 0.394 e. The van der Waals surface area contributed by atoms with Crippen LogP contribution in [0, 0.1) is 0 Å². The molecule has 5 N–H and O–H groups in total. The monoisotopic (exact) mass is 259 g/mol. The molecular formula is C13H17N5O. The van der Waals surface area contributed by atoms with Gasteiger partial charge in [0.2, 0.25) is 5.95 Å². The molecule has 0 aliphatic carbocycles. The van der Waals surface area contributed by atoms with Gasteiger partial charge >= 0.3 is 0 Å². The van der Waals surface area contributed by atoms with Gasteiger partial charge < -0.3 is 10.4 Å². The molecule has 6 nitrogen and oxygen atoms in total. The molecule has 0 saturated heterocycles. The smallest absolute Gasteiger partial charge is 0.239 e. The minimum atomic E-state index is -0.108. The molecule has 1 atom stereocenters. The summed E-state index contributed by atoms with van der Waals surface area (Å²) in [7, 11) is 0. The van der Waals surface area contributed by atoms with Gasteiger partial charge in [-0.2, -0.15) is 4.98 Å². The average Bonchev–Trinajstić information content (AvgIpc) is 2.48. The predicted octanol–water partition coefficient (Wildman–Crippen LogP) is 0.778. The second-order valence-electron chi connectivity index (χ2n) is 4.12. The summed E-state index contributed by atoms with van der Waals surface area (Å²) in [6.07, 6.45) is 2.31. The second kappa shape index (κ2) is 6.67. The number of nitrogens with two attached hydrogens (primary N) is 1.